The summed E-state index contributed by atoms with van der Waals surface area (Å²) in [6, 6.07) is 3.33. The van der Waals surface area contributed by atoms with E-state index >= 15 is 0 Å². The highest BCUT2D eigenvalue weighted by atomic mass is 28.3. The van der Waals surface area contributed by atoms with E-state index in [0.717, 1.165) is 23.2 Å². The monoisotopic (exact) mass is 399 g/mol. The van der Waals surface area contributed by atoms with E-state index in [0.29, 0.717) is 12.6 Å². The van der Waals surface area contributed by atoms with Gasteiger partial charge in [-0.15, -0.1) is 0 Å². The first kappa shape index (κ1) is 19.7. The third-order valence-corrected chi connectivity index (χ3v) is 7.76. The number of aliphatic hydroxyl groups is 1. The average molecular weight is 400 g/mol. The summed E-state index contributed by atoms with van der Waals surface area (Å²) in [5, 5.41) is 11.1. The minimum atomic E-state index is -1.07. The highest BCUT2D eigenvalue weighted by Gasteiger charge is 2.24. The Morgan fingerprint density at radius 1 is 1.21 bits per heavy atom. The van der Waals surface area contributed by atoms with Crippen molar-refractivity contribution in [3.8, 4) is 0 Å². The molecule has 1 N–H and O–H groups in total. The molecule has 0 aliphatic heterocycles. The fourth-order valence-electron chi connectivity index (χ4n) is 4.50. The van der Waals surface area contributed by atoms with Gasteiger partial charge in [0.15, 0.2) is 0 Å². The van der Waals surface area contributed by atoms with E-state index in [-0.39, 0.29) is 6.61 Å². The molecule has 152 valence electrons. The number of hydrogen-bond donors (Lipinski definition) is 1. The number of hydrogen-bond acceptors (Lipinski definition) is 3. The SMILES string of the molecule is C[Si](C)(C)CCOCn1ccc2c1ncn1cc(CO)c(C3CCCCC3)c21. The summed E-state index contributed by atoms with van der Waals surface area (Å²) >= 11 is 0. The van der Waals surface area contributed by atoms with Crippen molar-refractivity contribution in [1.82, 2.24) is 14.0 Å². The van der Waals surface area contributed by atoms with Gasteiger partial charge in [0.25, 0.3) is 0 Å². The van der Waals surface area contributed by atoms with E-state index in [9.17, 15) is 5.11 Å². The highest BCUT2D eigenvalue weighted by Crippen LogP contribution is 2.39. The van der Waals surface area contributed by atoms with Crippen LogP contribution in [0.2, 0.25) is 25.7 Å². The first-order chi connectivity index (χ1) is 13.5. The number of nitrogens with zero attached hydrogens (tertiary/aromatic N) is 3. The molecule has 4 rings (SSSR count). The summed E-state index contributed by atoms with van der Waals surface area (Å²) in [5.74, 6) is 0.544. The van der Waals surface area contributed by atoms with Gasteiger partial charge < -0.3 is 18.8 Å². The third-order valence-electron chi connectivity index (χ3n) is 6.06. The molecule has 28 heavy (non-hydrogen) atoms. The summed E-state index contributed by atoms with van der Waals surface area (Å²) in [5.41, 5.74) is 4.59. The second kappa shape index (κ2) is 8.01. The molecule has 0 amide bonds. The van der Waals surface area contributed by atoms with Crippen molar-refractivity contribution in [2.24, 2.45) is 0 Å². The Hall–Kier alpha value is -1.63. The molecule has 5 nitrogen and oxygen atoms in total. The Morgan fingerprint density at radius 3 is 2.71 bits per heavy atom. The van der Waals surface area contributed by atoms with Crippen LogP contribution in [0.25, 0.3) is 16.6 Å². The lowest BCUT2D eigenvalue weighted by Gasteiger charge is -2.22. The third kappa shape index (κ3) is 3.91. The zero-order valence-corrected chi connectivity index (χ0v) is 18.4. The van der Waals surface area contributed by atoms with Crippen molar-refractivity contribution in [2.75, 3.05) is 6.61 Å². The zero-order valence-electron chi connectivity index (χ0n) is 17.4. The van der Waals surface area contributed by atoms with Gasteiger partial charge in [-0.05, 0) is 42.0 Å². The van der Waals surface area contributed by atoms with Gasteiger partial charge in [-0.1, -0.05) is 38.9 Å². The number of ether oxygens (including phenoxy) is 1. The molecule has 1 fully saturated rings. The van der Waals surface area contributed by atoms with Gasteiger partial charge in [0.05, 0.1) is 12.1 Å². The summed E-state index contributed by atoms with van der Waals surface area (Å²) in [7, 11) is -1.07. The topological polar surface area (TPSA) is 51.7 Å². The predicted molar refractivity (Wildman–Crippen MR) is 117 cm³/mol. The standard InChI is InChI=1S/C22H33N3O2Si/c1-28(2,3)12-11-27-16-24-10-9-19-21-20(17-7-5-4-6-8-17)18(14-26)13-25(21)15-23-22(19)24/h9-10,13,15,17,26H,4-8,11-12,14,16H2,1-3H3. The van der Waals surface area contributed by atoms with Crippen LogP contribution >= 0.6 is 0 Å². The van der Waals surface area contributed by atoms with E-state index in [2.05, 4.69) is 47.1 Å². The molecule has 0 atom stereocenters. The highest BCUT2D eigenvalue weighted by molar-refractivity contribution is 6.76. The van der Waals surface area contributed by atoms with E-state index in [1.165, 1.54) is 49.2 Å². The van der Waals surface area contributed by atoms with E-state index < -0.39 is 8.07 Å². The average Bonchev–Trinajstić information content (AvgIpc) is 3.25. The number of aromatic nitrogens is 3. The normalized spacial score (nSPS) is 16.4. The molecule has 0 aromatic carbocycles. The van der Waals surface area contributed by atoms with E-state index in [1.54, 1.807) is 0 Å². The Labute approximate surface area is 168 Å². The van der Waals surface area contributed by atoms with Gasteiger partial charge in [-0.2, -0.15) is 0 Å². The van der Waals surface area contributed by atoms with E-state index in [4.69, 9.17) is 9.72 Å². The molecular weight excluding hydrogens is 366 g/mol. The lowest BCUT2D eigenvalue weighted by molar-refractivity contribution is 0.0899. The van der Waals surface area contributed by atoms with Crippen LogP contribution in [0.15, 0.2) is 24.8 Å². The molecule has 0 spiro atoms. The fourth-order valence-corrected chi connectivity index (χ4v) is 5.25. The second-order valence-corrected chi connectivity index (χ2v) is 15.1. The molecular formula is C22H33N3O2Si. The largest absolute Gasteiger partial charge is 0.392 e. The zero-order chi connectivity index (χ0) is 19.7. The van der Waals surface area contributed by atoms with Crippen molar-refractivity contribution in [2.45, 2.75) is 77.0 Å². The van der Waals surface area contributed by atoms with Gasteiger partial charge in [0.2, 0.25) is 0 Å². The maximum atomic E-state index is 9.98. The van der Waals surface area contributed by atoms with Crippen LogP contribution < -0.4 is 0 Å². The van der Waals surface area contributed by atoms with Crippen LogP contribution in [0.5, 0.6) is 0 Å². The van der Waals surface area contributed by atoms with Gasteiger partial charge in [-0.3, -0.25) is 0 Å². The van der Waals surface area contributed by atoms with Crippen LogP contribution in [-0.2, 0) is 18.1 Å². The van der Waals surface area contributed by atoms with Crippen molar-refractivity contribution >= 4 is 24.6 Å². The number of fused-ring (bicyclic) bond motifs is 3. The predicted octanol–water partition coefficient (Wildman–Crippen LogP) is 5.14. The molecule has 1 aliphatic carbocycles. The van der Waals surface area contributed by atoms with Crippen molar-refractivity contribution in [1.29, 1.82) is 0 Å². The summed E-state index contributed by atoms with van der Waals surface area (Å²) in [6.07, 6.45) is 12.4. The molecule has 0 unspecified atom stereocenters. The van der Waals surface area contributed by atoms with Crippen LogP contribution in [0.3, 0.4) is 0 Å². The van der Waals surface area contributed by atoms with Crippen LogP contribution in [0.4, 0.5) is 0 Å². The maximum Gasteiger partial charge on any atom is 0.145 e. The van der Waals surface area contributed by atoms with Gasteiger partial charge >= 0.3 is 0 Å². The lowest BCUT2D eigenvalue weighted by Crippen LogP contribution is -2.22. The first-order valence-corrected chi connectivity index (χ1v) is 14.3. The maximum absolute atomic E-state index is 9.98. The van der Waals surface area contributed by atoms with Gasteiger partial charge in [-0.25, -0.2) is 4.98 Å². The number of rotatable bonds is 7. The Bertz CT molecular complexity index is 948. The molecule has 3 aromatic heterocycles. The van der Waals surface area contributed by atoms with Crippen molar-refractivity contribution < 1.29 is 9.84 Å². The summed E-state index contributed by atoms with van der Waals surface area (Å²) in [6.45, 7) is 8.57. The Balaban J connectivity index is 1.67. The van der Waals surface area contributed by atoms with Crippen molar-refractivity contribution in [3.05, 3.63) is 35.9 Å². The van der Waals surface area contributed by atoms with Crippen LogP contribution in [0, 0.1) is 0 Å². The summed E-state index contributed by atoms with van der Waals surface area (Å²) < 4.78 is 10.2. The van der Waals surface area contributed by atoms with Gasteiger partial charge in [0, 0.05) is 32.5 Å². The molecule has 0 saturated heterocycles. The minimum absolute atomic E-state index is 0.0928. The van der Waals surface area contributed by atoms with E-state index in [1.807, 2.05) is 6.33 Å². The molecule has 1 saturated carbocycles. The first-order valence-electron chi connectivity index (χ1n) is 10.6. The Kier molecular flexibility index (Phi) is 5.63. The molecule has 3 heterocycles. The molecule has 1 aliphatic rings. The quantitative estimate of drug-likeness (QED) is 0.442. The van der Waals surface area contributed by atoms with Gasteiger partial charge in [0.1, 0.15) is 18.7 Å². The number of aliphatic hydroxyl groups excluding tert-OH is 1. The molecule has 0 radical (unpaired) electrons. The molecule has 3 aromatic rings. The smallest absolute Gasteiger partial charge is 0.145 e. The molecule has 6 heteroatoms. The summed E-state index contributed by atoms with van der Waals surface area (Å²) in [4.78, 5) is 4.70. The van der Waals surface area contributed by atoms with Crippen LogP contribution in [0.1, 0.15) is 49.1 Å². The lowest BCUT2D eigenvalue weighted by atomic mass is 9.82. The molecule has 0 bridgehead atoms. The van der Waals surface area contributed by atoms with Crippen molar-refractivity contribution in [3.63, 3.8) is 0 Å². The Morgan fingerprint density at radius 2 is 2.00 bits per heavy atom. The second-order valence-electron chi connectivity index (χ2n) is 9.43. The fraction of sp³-hybridized carbons (Fsp3) is 0.591. The minimum Gasteiger partial charge on any atom is -0.392 e. The van der Waals surface area contributed by atoms with Crippen LogP contribution in [-0.4, -0.2) is 33.7 Å².